The molecule has 2 aromatic rings. The second kappa shape index (κ2) is 7.23. The average molecular weight is 367 g/mol. The highest BCUT2D eigenvalue weighted by Gasteiger charge is 2.34. The van der Waals surface area contributed by atoms with Crippen LogP contribution in [0.25, 0.3) is 0 Å². The number of alkyl halides is 3. The number of hydrogen-bond donors (Lipinski definition) is 1. The molecule has 4 nitrogen and oxygen atoms in total. The molecule has 8 heteroatoms. The predicted octanol–water partition coefficient (Wildman–Crippen LogP) is 4.20. The molecular weight excluding hydrogens is 350 g/mol. The van der Waals surface area contributed by atoms with Crippen LogP contribution in [0.5, 0.6) is 0 Å². The summed E-state index contributed by atoms with van der Waals surface area (Å²) in [6.07, 6.45) is -4.55. The molecule has 2 aromatic carbocycles. The number of nitrogens with one attached hydrogen (secondary N) is 1. The molecule has 26 heavy (non-hydrogen) atoms. The first kappa shape index (κ1) is 18.0. The van der Waals surface area contributed by atoms with Gasteiger partial charge in [-0.25, -0.2) is 9.18 Å². The minimum atomic E-state index is -4.55. The van der Waals surface area contributed by atoms with Gasteiger partial charge < -0.3 is 15.1 Å². The average Bonchev–Trinajstić information content (AvgIpc) is 2.62. The SMILES string of the molecule is O=C(Nc1ccccc1C(F)(F)F)N1CCN(c2ccccc2F)CC1. The largest absolute Gasteiger partial charge is 0.418 e. The first-order valence-electron chi connectivity index (χ1n) is 8.08. The van der Waals surface area contributed by atoms with Crippen molar-refractivity contribution in [3.8, 4) is 0 Å². The van der Waals surface area contributed by atoms with Crippen molar-refractivity contribution in [2.75, 3.05) is 36.4 Å². The van der Waals surface area contributed by atoms with Gasteiger partial charge in [-0.05, 0) is 24.3 Å². The number of nitrogens with zero attached hydrogens (tertiary/aromatic N) is 2. The number of benzene rings is 2. The Morgan fingerprint density at radius 3 is 2.19 bits per heavy atom. The fourth-order valence-electron chi connectivity index (χ4n) is 2.89. The maximum atomic E-state index is 13.8. The minimum Gasteiger partial charge on any atom is -0.366 e. The van der Waals surface area contributed by atoms with Gasteiger partial charge in [0.25, 0.3) is 0 Å². The molecule has 3 rings (SSSR count). The number of anilines is 2. The zero-order valence-electron chi connectivity index (χ0n) is 13.8. The number of hydrogen-bond acceptors (Lipinski definition) is 2. The molecule has 0 radical (unpaired) electrons. The van der Waals surface area contributed by atoms with Crippen LogP contribution in [0.4, 0.5) is 33.7 Å². The highest BCUT2D eigenvalue weighted by Crippen LogP contribution is 2.34. The van der Waals surface area contributed by atoms with E-state index in [4.69, 9.17) is 0 Å². The Bertz CT molecular complexity index is 786. The molecule has 1 aliphatic heterocycles. The number of rotatable bonds is 2. The Hall–Kier alpha value is -2.77. The van der Waals surface area contributed by atoms with Gasteiger partial charge in [-0.1, -0.05) is 24.3 Å². The molecule has 0 unspecified atom stereocenters. The molecule has 1 saturated heterocycles. The van der Waals surface area contributed by atoms with Crippen molar-refractivity contribution < 1.29 is 22.4 Å². The summed E-state index contributed by atoms with van der Waals surface area (Å²) in [6, 6.07) is 10.6. The van der Waals surface area contributed by atoms with E-state index in [1.54, 1.807) is 18.2 Å². The van der Waals surface area contributed by atoms with Crippen LogP contribution in [0.1, 0.15) is 5.56 Å². The maximum Gasteiger partial charge on any atom is 0.418 e. The number of carbonyl (C=O) groups excluding carboxylic acids is 1. The molecule has 1 aliphatic rings. The number of piperazine rings is 1. The van der Waals surface area contributed by atoms with Gasteiger partial charge in [-0.3, -0.25) is 0 Å². The van der Waals surface area contributed by atoms with E-state index in [1.807, 2.05) is 4.90 Å². The molecular formula is C18H17F4N3O. The lowest BCUT2D eigenvalue weighted by atomic mass is 10.1. The molecule has 0 spiro atoms. The number of carbonyl (C=O) groups is 1. The highest BCUT2D eigenvalue weighted by atomic mass is 19.4. The topological polar surface area (TPSA) is 35.6 Å². The standard InChI is InChI=1S/C18H17F4N3O/c19-14-6-2-4-8-16(14)24-9-11-25(12-10-24)17(26)23-15-7-3-1-5-13(15)18(20,21)22/h1-8H,9-12H2,(H,23,26). The van der Waals surface area contributed by atoms with Crippen molar-refractivity contribution in [1.29, 1.82) is 0 Å². The van der Waals surface area contributed by atoms with Crippen LogP contribution in [0, 0.1) is 5.82 Å². The molecule has 138 valence electrons. The predicted molar refractivity (Wildman–Crippen MR) is 90.6 cm³/mol. The molecule has 0 bridgehead atoms. The second-order valence-corrected chi connectivity index (χ2v) is 5.90. The second-order valence-electron chi connectivity index (χ2n) is 5.90. The van der Waals surface area contributed by atoms with E-state index in [9.17, 15) is 22.4 Å². The molecule has 0 aromatic heterocycles. The van der Waals surface area contributed by atoms with Crippen molar-refractivity contribution in [3.05, 3.63) is 59.9 Å². The van der Waals surface area contributed by atoms with E-state index in [1.165, 1.54) is 29.2 Å². The normalized spacial score (nSPS) is 15.1. The van der Waals surface area contributed by atoms with Gasteiger partial charge in [0, 0.05) is 26.2 Å². The molecule has 0 saturated carbocycles. The lowest BCUT2D eigenvalue weighted by molar-refractivity contribution is -0.136. The van der Waals surface area contributed by atoms with Crippen LogP contribution in [0.3, 0.4) is 0 Å². The lowest BCUT2D eigenvalue weighted by Crippen LogP contribution is -2.50. The van der Waals surface area contributed by atoms with Gasteiger partial charge in [0.2, 0.25) is 0 Å². The smallest absolute Gasteiger partial charge is 0.366 e. The molecule has 2 amide bonds. The highest BCUT2D eigenvalue weighted by molar-refractivity contribution is 5.90. The lowest BCUT2D eigenvalue weighted by Gasteiger charge is -2.36. The van der Waals surface area contributed by atoms with Crippen LogP contribution >= 0.6 is 0 Å². The van der Waals surface area contributed by atoms with Crippen molar-refractivity contribution >= 4 is 17.4 Å². The van der Waals surface area contributed by atoms with E-state index in [0.717, 1.165) is 6.07 Å². The van der Waals surface area contributed by atoms with Gasteiger partial charge in [0.1, 0.15) is 5.82 Å². The van der Waals surface area contributed by atoms with E-state index >= 15 is 0 Å². The van der Waals surface area contributed by atoms with Crippen molar-refractivity contribution in [3.63, 3.8) is 0 Å². The first-order chi connectivity index (χ1) is 12.4. The summed E-state index contributed by atoms with van der Waals surface area (Å²) in [7, 11) is 0. The third-order valence-corrected chi connectivity index (χ3v) is 4.23. The Balaban J connectivity index is 1.64. The maximum absolute atomic E-state index is 13.8. The van der Waals surface area contributed by atoms with Crippen LogP contribution in [-0.2, 0) is 6.18 Å². The van der Waals surface area contributed by atoms with Gasteiger partial charge in [0.15, 0.2) is 0 Å². The summed E-state index contributed by atoms with van der Waals surface area (Å²) in [5.74, 6) is -0.343. The van der Waals surface area contributed by atoms with Gasteiger partial charge in [-0.15, -0.1) is 0 Å². The fourth-order valence-corrected chi connectivity index (χ4v) is 2.89. The third-order valence-electron chi connectivity index (χ3n) is 4.23. The van der Waals surface area contributed by atoms with Gasteiger partial charge in [-0.2, -0.15) is 13.2 Å². The Labute approximate surface area is 148 Å². The molecule has 1 N–H and O–H groups in total. The summed E-state index contributed by atoms with van der Waals surface area (Å²) in [6.45, 7) is 1.37. The number of amides is 2. The van der Waals surface area contributed by atoms with E-state index in [2.05, 4.69) is 5.32 Å². The first-order valence-corrected chi connectivity index (χ1v) is 8.08. The van der Waals surface area contributed by atoms with Crippen LogP contribution < -0.4 is 10.2 Å². The zero-order chi connectivity index (χ0) is 18.7. The summed E-state index contributed by atoms with van der Waals surface area (Å²) >= 11 is 0. The van der Waals surface area contributed by atoms with Crippen LogP contribution in [0.2, 0.25) is 0 Å². The Morgan fingerprint density at radius 2 is 1.54 bits per heavy atom. The Kier molecular flexibility index (Phi) is 5.01. The number of para-hydroxylation sites is 2. The molecule has 1 fully saturated rings. The van der Waals surface area contributed by atoms with E-state index in [0.29, 0.717) is 18.8 Å². The summed E-state index contributed by atoms with van der Waals surface area (Å²) in [5, 5.41) is 2.33. The summed E-state index contributed by atoms with van der Waals surface area (Å²) in [5.41, 5.74) is -0.713. The quantitative estimate of drug-likeness (QED) is 0.808. The van der Waals surface area contributed by atoms with Gasteiger partial charge in [0.05, 0.1) is 16.9 Å². The summed E-state index contributed by atoms with van der Waals surface area (Å²) in [4.78, 5) is 15.5. The summed E-state index contributed by atoms with van der Waals surface area (Å²) < 4.78 is 52.9. The van der Waals surface area contributed by atoms with Gasteiger partial charge >= 0.3 is 12.2 Å². The minimum absolute atomic E-state index is 0.276. The molecule has 1 heterocycles. The number of halogens is 4. The van der Waals surface area contributed by atoms with Crippen molar-refractivity contribution in [2.24, 2.45) is 0 Å². The monoisotopic (exact) mass is 367 g/mol. The van der Waals surface area contributed by atoms with Crippen LogP contribution in [-0.4, -0.2) is 37.1 Å². The van der Waals surface area contributed by atoms with E-state index in [-0.39, 0.29) is 24.6 Å². The molecule has 0 aliphatic carbocycles. The van der Waals surface area contributed by atoms with E-state index < -0.39 is 17.8 Å². The molecule has 0 atom stereocenters. The van der Waals surface area contributed by atoms with Crippen molar-refractivity contribution in [1.82, 2.24) is 4.90 Å². The fraction of sp³-hybridized carbons (Fsp3) is 0.278. The van der Waals surface area contributed by atoms with Crippen LogP contribution in [0.15, 0.2) is 48.5 Å². The Morgan fingerprint density at radius 1 is 0.923 bits per heavy atom. The van der Waals surface area contributed by atoms with Crippen molar-refractivity contribution in [2.45, 2.75) is 6.18 Å². The third kappa shape index (κ3) is 3.89. The number of urea groups is 1. The zero-order valence-corrected chi connectivity index (χ0v) is 13.8.